The largest absolute Gasteiger partial charge is 0.343 e. The highest BCUT2D eigenvalue weighted by Crippen LogP contribution is 2.18. The van der Waals surface area contributed by atoms with Crippen molar-refractivity contribution in [1.29, 1.82) is 0 Å². The van der Waals surface area contributed by atoms with Crippen LogP contribution in [-0.4, -0.2) is 43.3 Å². The highest BCUT2D eigenvalue weighted by Gasteiger charge is 2.23. The van der Waals surface area contributed by atoms with Crippen molar-refractivity contribution in [2.75, 3.05) is 26.7 Å². The average molecular weight is 324 g/mol. The number of amides is 1. The Kier molecular flexibility index (Phi) is 6.21. The van der Waals surface area contributed by atoms with Gasteiger partial charge in [-0.15, -0.1) is 0 Å². The molecule has 1 saturated heterocycles. The molecule has 0 unspecified atom stereocenters. The first-order chi connectivity index (χ1) is 11.0. The molecule has 1 aromatic rings. The zero-order chi connectivity index (χ0) is 16.8. The van der Waals surface area contributed by atoms with E-state index in [9.17, 15) is 18.4 Å². The molecular formula is C17H22F2N2O2. The highest BCUT2D eigenvalue weighted by atomic mass is 19.1. The van der Waals surface area contributed by atoms with Gasteiger partial charge in [-0.3, -0.25) is 9.59 Å². The van der Waals surface area contributed by atoms with Gasteiger partial charge in [-0.1, -0.05) is 0 Å². The van der Waals surface area contributed by atoms with Crippen LogP contribution in [-0.2, 0) is 4.79 Å². The van der Waals surface area contributed by atoms with Crippen LogP contribution in [0, 0.1) is 17.6 Å². The van der Waals surface area contributed by atoms with Crippen LogP contribution in [0.15, 0.2) is 18.2 Å². The molecule has 126 valence electrons. The maximum Gasteiger partial charge on any atom is 0.223 e. The first kappa shape index (κ1) is 17.5. The monoisotopic (exact) mass is 324 g/mol. The lowest BCUT2D eigenvalue weighted by molar-refractivity contribution is -0.132. The molecule has 4 nitrogen and oxygen atoms in total. The molecule has 1 N–H and O–H groups in total. The highest BCUT2D eigenvalue weighted by molar-refractivity contribution is 5.98. The molecular weight excluding hydrogens is 302 g/mol. The van der Waals surface area contributed by atoms with E-state index in [2.05, 4.69) is 5.32 Å². The van der Waals surface area contributed by atoms with Crippen LogP contribution in [0.25, 0.3) is 0 Å². The van der Waals surface area contributed by atoms with E-state index in [0.29, 0.717) is 25.1 Å². The Labute approximate surface area is 134 Å². The fraction of sp³-hybridized carbons (Fsp3) is 0.529. The van der Waals surface area contributed by atoms with Gasteiger partial charge in [-0.2, -0.15) is 0 Å². The minimum atomic E-state index is -0.879. The Balaban J connectivity index is 1.81. The summed E-state index contributed by atoms with van der Waals surface area (Å²) in [5.41, 5.74) is -0.160. The minimum absolute atomic E-state index is 0.0577. The number of nitrogens with zero attached hydrogens (tertiary/aromatic N) is 1. The molecule has 2 rings (SSSR count). The number of hydrogen-bond acceptors (Lipinski definition) is 3. The van der Waals surface area contributed by atoms with Gasteiger partial charge in [0.25, 0.3) is 0 Å². The fourth-order valence-corrected chi connectivity index (χ4v) is 2.90. The number of ketones is 1. The number of halogens is 2. The lowest BCUT2D eigenvalue weighted by atomic mass is 9.96. The second kappa shape index (κ2) is 8.15. The molecule has 1 amide bonds. The third-order valence-corrected chi connectivity index (χ3v) is 4.26. The Hall–Kier alpha value is -1.82. The summed E-state index contributed by atoms with van der Waals surface area (Å²) in [6.07, 6.45) is 1.91. The number of rotatable bonds is 6. The number of piperidine rings is 1. The Bertz CT molecular complexity index is 570. The lowest BCUT2D eigenvalue weighted by Gasteiger charge is -2.32. The molecule has 1 aliphatic rings. The van der Waals surface area contributed by atoms with E-state index in [-0.39, 0.29) is 24.3 Å². The third-order valence-electron chi connectivity index (χ3n) is 4.26. The molecule has 1 aliphatic heterocycles. The van der Waals surface area contributed by atoms with E-state index in [0.717, 1.165) is 31.5 Å². The molecule has 0 bridgehead atoms. The summed E-state index contributed by atoms with van der Waals surface area (Å²) >= 11 is 0. The standard InChI is InChI=1S/C17H22F2N2O2/c1-20-11-12-6-8-21(9-7-12)17(23)5-4-16(22)14-3-2-13(18)10-15(14)19/h2-3,10,12,20H,4-9,11H2,1H3. The van der Waals surface area contributed by atoms with Gasteiger partial charge >= 0.3 is 0 Å². The van der Waals surface area contributed by atoms with E-state index in [1.165, 1.54) is 0 Å². The van der Waals surface area contributed by atoms with Crippen molar-refractivity contribution >= 4 is 11.7 Å². The quantitative estimate of drug-likeness (QED) is 0.818. The summed E-state index contributed by atoms with van der Waals surface area (Å²) in [7, 11) is 1.91. The van der Waals surface area contributed by atoms with Gasteiger partial charge in [0.15, 0.2) is 5.78 Å². The summed E-state index contributed by atoms with van der Waals surface area (Å²) in [4.78, 5) is 25.9. The SMILES string of the molecule is CNCC1CCN(C(=O)CCC(=O)c2ccc(F)cc2F)CC1. The Morgan fingerprint density at radius 1 is 1.22 bits per heavy atom. The number of benzene rings is 1. The van der Waals surface area contributed by atoms with E-state index < -0.39 is 17.4 Å². The van der Waals surface area contributed by atoms with E-state index in [1.54, 1.807) is 4.90 Å². The van der Waals surface area contributed by atoms with E-state index in [4.69, 9.17) is 0 Å². The maximum absolute atomic E-state index is 13.5. The van der Waals surface area contributed by atoms with Crippen LogP contribution in [0.2, 0.25) is 0 Å². The van der Waals surface area contributed by atoms with Crippen LogP contribution >= 0.6 is 0 Å². The van der Waals surface area contributed by atoms with Gasteiger partial charge in [-0.05, 0) is 44.5 Å². The van der Waals surface area contributed by atoms with Gasteiger partial charge in [0.2, 0.25) is 5.91 Å². The van der Waals surface area contributed by atoms with Crippen molar-refractivity contribution in [1.82, 2.24) is 10.2 Å². The van der Waals surface area contributed by atoms with Gasteiger partial charge in [0.05, 0.1) is 5.56 Å². The first-order valence-electron chi connectivity index (χ1n) is 7.92. The zero-order valence-corrected chi connectivity index (χ0v) is 13.3. The Morgan fingerprint density at radius 3 is 2.52 bits per heavy atom. The zero-order valence-electron chi connectivity index (χ0n) is 13.3. The smallest absolute Gasteiger partial charge is 0.223 e. The molecule has 6 heteroatoms. The van der Waals surface area contributed by atoms with Crippen molar-refractivity contribution in [3.8, 4) is 0 Å². The van der Waals surface area contributed by atoms with Crippen molar-refractivity contribution in [2.45, 2.75) is 25.7 Å². The number of Topliss-reactive ketones (excluding diaryl/α,β-unsaturated/α-hetero) is 1. The van der Waals surface area contributed by atoms with Crippen molar-refractivity contribution in [3.63, 3.8) is 0 Å². The summed E-state index contributed by atoms with van der Waals surface area (Å²) < 4.78 is 26.4. The van der Waals surface area contributed by atoms with Crippen LogP contribution < -0.4 is 5.32 Å². The number of likely N-dealkylation sites (tertiary alicyclic amines) is 1. The van der Waals surface area contributed by atoms with Crippen molar-refractivity contribution < 1.29 is 18.4 Å². The molecule has 23 heavy (non-hydrogen) atoms. The normalized spacial score (nSPS) is 15.7. The number of hydrogen-bond donors (Lipinski definition) is 1. The van der Waals surface area contributed by atoms with Crippen LogP contribution in [0.4, 0.5) is 8.78 Å². The average Bonchev–Trinajstić information content (AvgIpc) is 2.53. The van der Waals surface area contributed by atoms with E-state index in [1.807, 2.05) is 7.05 Å². The predicted octanol–water partition coefficient (Wildman–Crippen LogP) is 2.39. The molecule has 0 spiro atoms. The second-order valence-corrected chi connectivity index (χ2v) is 5.93. The van der Waals surface area contributed by atoms with Gasteiger partial charge < -0.3 is 10.2 Å². The molecule has 0 aromatic heterocycles. The van der Waals surface area contributed by atoms with Crippen molar-refractivity contribution in [3.05, 3.63) is 35.4 Å². The minimum Gasteiger partial charge on any atom is -0.343 e. The van der Waals surface area contributed by atoms with Gasteiger partial charge in [0, 0.05) is 32.0 Å². The van der Waals surface area contributed by atoms with E-state index >= 15 is 0 Å². The molecule has 1 aromatic carbocycles. The molecule has 0 aliphatic carbocycles. The van der Waals surface area contributed by atoms with Crippen LogP contribution in [0.1, 0.15) is 36.0 Å². The number of carbonyl (C=O) groups excluding carboxylic acids is 2. The molecule has 0 saturated carbocycles. The maximum atomic E-state index is 13.5. The van der Waals surface area contributed by atoms with Gasteiger partial charge in [0.1, 0.15) is 11.6 Å². The lowest BCUT2D eigenvalue weighted by Crippen LogP contribution is -2.40. The number of carbonyl (C=O) groups is 2. The van der Waals surface area contributed by atoms with Crippen LogP contribution in [0.3, 0.4) is 0 Å². The van der Waals surface area contributed by atoms with Crippen molar-refractivity contribution in [2.24, 2.45) is 5.92 Å². The predicted molar refractivity (Wildman–Crippen MR) is 83.2 cm³/mol. The fourth-order valence-electron chi connectivity index (χ4n) is 2.90. The molecule has 1 fully saturated rings. The third kappa shape index (κ3) is 4.82. The Morgan fingerprint density at radius 2 is 1.91 bits per heavy atom. The van der Waals surface area contributed by atoms with Gasteiger partial charge in [-0.25, -0.2) is 8.78 Å². The molecule has 0 atom stereocenters. The molecule has 0 radical (unpaired) electrons. The summed E-state index contributed by atoms with van der Waals surface area (Å²) in [6.45, 7) is 2.35. The second-order valence-electron chi connectivity index (χ2n) is 5.93. The molecule has 1 heterocycles. The topological polar surface area (TPSA) is 49.4 Å². The number of nitrogens with one attached hydrogen (secondary N) is 1. The summed E-state index contributed by atoms with van der Waals surface area (Å²) in [6, 6.07) is 2.85. The first-order valence-corrected chi connectivity index (χ1v) is 7.92. The summed E-state index contributed by atoms with van der Waals surface area (Å²) in [5.74, 6) is -1.57. The summed E-state index contributed by atoms with van der Waals surface area (Å²) in [5, 5.41) is 3.14. The van der Waals surface area contributed by atoms with Crippen LogP contribution in [0.5, 0.6) is 0 Å².